The first-order valence-electron chi connectivity index (χ1n) is 10.4. The number of esters is 1. The minimum Gasteiger partial charge on any atom is -0.495 e. The first-order valence-corrected chi connectivity index (χ1v) is 11.7. The number of ether oxygens (including phenoxy) is 2. The highest BCUT2D eigenvalue weighted by atomic mass is 32.2. The van der Waals surface area contributed by atoms with Gasteiger partial charge in [-0.3, -0.25) is 4.79 Å². The Hall–Kier alpha value is -3.56. The number of nitrogens with one attached hydrogen (secondary N) is 3. The van der Waals surface area contributed by atoms with Crippen LogP contribution in [0.2, 0.25) is 0 Å². The number of methoxy groups -OCH3 is 2. The quantitative estimate of drug-likeness (QED) is 0.217. The first-order chi connectivity index (χ1) is 16.4. The average molecular weight is 496 g/mol. The summed E-state index contributed by atoms with van der Waals surface area (Å²) in [5.41, 5.74) is 2.25. The number of para-hydroxylation sites is 3. The third-order valence-electron chi connectivity index (χ3n) is 4.72. The number of rotatable bonds is 8. The van der Waals surface area contributed by atoms with E-state index in [4.69, 9.17) is 21.7 Å². The fourth-order valence-corrected chi connectivity index (χ4v) is 4.21. The topological polar surface area (TPSA) is 88.7 Å². The van der Waals surface area contributed by atoms with Gasteiger partial charge in [0.05, 0.1) is 36.4 Å². The zero-order chi connectivity index (χ0) is 24.5. The van der Waals surface area contributed by atoms with Crippen molar-refractivity contribution in [3.63, 3.8) is 0 Å². The molecule has 1 amide bonds. The number of benzene rings is 3. The molecule has 0 aliphatic carbocycles. The monoisotopic (exact) mass is 495 g/mol. The molecule has 1 atom stereocenters. The summed E-state index contributed by atoms with van der Waals surface area (Å²) in [5, 5.41) is 9.08. The van der Waals surface area contributed by atoms with Gasteiger partial charge >= 0.3 is 5.97 Å². The normalized spacial score (nSPS) is 11.1. The molecule has 0 aromatic heterocycles. The van der Waals surface area contributed by atoms with Crippen LogP contribution in [-0.2, 0) is 9.53 Å². The molecule has 0 bridgehead atoms. The molecule has 176 valence electrons. The highest BCUT2D eigenvalue weighted by molar-refractivity contribution is 8.00. The van der Waals surface area contributed by atoms with Crippen LogP contribution in [0.1, 0.15) is 17.3 Å². The number of thioether (sulfide) groups is 1. The van der Waals surface area contributed by atoms with Crippen LogP contribution in [0.5, 0.6) is 5.75 Å². The Labute approximate surface area is 208 Å². The predicted octanol–water partition coefficient (Wildman–Crippen LogP) is 5.41. The Balaban J connectivity index is 1.62. The van der Waals surface area contributed by atoms with E-state index < -0.39 is 11.2 Å². The highest BCUT2D eigenvalue weighted by Crippen LogP contribution is 2.28. The summed E-state index contributed by atoms with van der Waals surface area (Å²) in [7, 11) is 2.90. The third-order valence-corrected chi connectivity index (χ3v) is 6.02. The van der Waals surface area contributed by atoms with Crippen LogP contribution < -0.4 is 20.7 Å². The predicted molar refractivity (Wildman–Crippen MR) is 141 cm³/mol. The number of amides is 1. The standard InChI is InChI=1S/C25H25N3O4S2/c1-16(23(29)27-20-12-5-4-11-19(20)24(30)32-3)34-18-10-8-9-17(15-18)26-25(33)28-21-13-6-7-14-22(21)31-2/h4-16H,1-3H3,(H,27,29)(H2,26,28,33). The van der Waals surface area contributed by atoms with Gasteiger partial charge in [-0.15, -0.1) is 11.8 Å². The van der Waals surface area contributed by atoms with Gasteiger partial charge in [-0.05, 0) is 61.6 Å². The molecule has 1 unspecified atom stereocenters. The van der Waals surface area contributed by atoms with E-state index in [1.807, 2.05) is 48.5 Å². The lowest BCUT2D eigenvalue weighted by molar-refractivity contribution is -0.115. The zero-order valence-corrected chi connectivity index (χ0v) is 20.6. The number of hydrogen-bond acceptors (Lipinski definition) is 6. The maximum absolute atomic E-state index is 12.8. The molecular weight excluding hydrogens is 470 g/mol. The average Bonchev–Trinajstić information content (AvgIpc) is 2.84. The van der Waals surface area contributed by atoms with Crippen molar-refractivity contribution in [2.75, 3.05) is 30.2 Å². The lowest BCUT2D eigenvalue weighted by atomic mass is 10.2. The Morgan fingerprint density at radius 3 is 2.32 bits per heavy atom. The van der Waals surface area contributed by atoms with Crippen molar-refractivity contribution in [1.29, 1.82) is 0 Å². The van der Waals surface area contributed by atoms with E-state index in [-0.39, 0.29) is 5.91 Å². The molecule has 34 heavy (non-hydrogen) atoms. The van der Waals surface area contributed by atoms with Crippen molar-refractivity contribution in [2.24, 2.45) is 0 Å². The van der Waals surface area contributed by atoms with E-state index in [1.165, 1.54) is 18.9 Å². The maximum atomic E-state index is 12.8. The summed E-state index contributed by atoms with van der Waals surface area (Å²) in [6, 6.07) is 21.8. The van der Waals surface area contributed by atoms with Gasteiger partial charge in [-0.25, -0.2) is 4.79 Å². The molecule has 0 spiro atoms. The SMILES string of the molecule is COC(=O)c1ccccc1NC(=O)C(C)Sc1cccc(NC(=S)Nc2ccccc2OC)c1. The second-order valence-corrected chi connectivity index (χ2v) is 8.92. The highest BCUT2D eigenvalue weighted by Gasteiger charge is 2.18. The van der Waals surface area contributed by atoms with E-state index in [1.54, 1.807) is 38.3 Å². The summed E-state index contributed by atoms with van der Waals surface area (Å²) >= 11 is 6.82. The maximum Gasteiger partial charge on any atom is 0.339 e. The fraction of sp³-hybridized carbons (Fsp3) is 0.160. The minimum atomic E-state index is -0.507. The summed E-state index contributed by atoms with van der Waals surface area (Å²) in [6.45, 7) is 1.80. The first kappa shape index (κ1) is 25.1. The molecule has 0 aliphatic rings. The smallest absolute Gasteiger partial charge is 0.339 e. The van der Waals surface area contributed by atoms with Gasteiger partial charge in [0.1, 0.15) is 5.75 Å². The van der Waals surface area contributed by atoms with Crippen LogP contribution in [0.25, 0.3) is 0 Å². The minimum absolute atomic E-state index is 0.229. The van der Waals surface area contributed by atoms with Crippen molar-refractivity contribution in [3.8, 4) is 5.75 Å². The van der Waals surface area contributed by atoms with Crippen LogP contribution >= 0.6 is 24.0 Å². The number of anilines is 3. The van der Waals surface area contributed by atoms with Crippen LogP contribution in [0.15, 0.2) is 77.7 Å². The molecule has 3 rings (SSSR count). The second kappa shape index (κ2) is 12.1. The van der Waals surface area contributed by atoms with Gasteiger partial charge in [0, 0.05) is 10.6 Å². The molecule has 0 fully saturated rings. The number of carbonyl (C=O) groups excluding carboxylic acids is 2. The molecule has 9 heteroatoms. The molecule has 0 heterocycles. The number of thiocarbonyl (C=S) groups is 1. The van der Waals surface area contributed by atoms with Gasteiger partial charge < -0.3 is 25.4 Å². The summed E-state index contributed by atoms with van der Waals surface area (Å²) < 4.78 is 10.1. The fourth-order valence-electron chi connectivity index (χ4n) is 3.05. The van der Waals surface area contributed by atoms with Gasteiger partial charge in [-0.2, -0.15) is 0 Å². The van der Waals surface area contributed by atoms with E-state index in [0.29, 0.717) is 22.1 Å². The molecule has 3 aromatic rings. The van der Waals surface area contributed by atoms with Crippen molar-refractivity contribution in [1.82, 2.24) is 0 Å². The van der Waals surface area contributed by atoms with Crippen molar-refractivity contribution in [2.45, 2.75) is 17.1 Å². The lowest BCUT2D eigenvalue weighted by Crippen LogP contribution is -2.23. The van der Waals surface area contributed by atoms with Crippen LogP contribution in [0.4, 0.5) is 17.1 Å². The van der Waals surface area contributed by atoms with Gasteiger partial charge in [0.15, 0.2) is 5.11 Å². The van der Waals surface area contributed by atoms with Crippen LogP contribution in [0.3, 0.4) is 0 Å². The molecule has 0 saturated carbocycles. The van der Waals surface area contributed by atoms with Crippen molar-refractivity contribution < 1.29 is 19.1 Å². The van der Waals surface area contributed by atoms with Crippen LogP contribution in [0, 0.1) is 0 Å². The molecule has 7 nitrogen and oxygen atoms in total. The van der Waals surface area contributed by atoms with Gasteiger partial charge in [0.2, 0.25) is 5.91 Å². The third kappa shape index (κ3) is 6.72. The molecule has 3 N–H and O–H groups in total. The molecule has 0 saturated heterocycles. The summed E-state index contributed by atoms with van der Waals surface area (Å²) in [6.07, 6.45) is 0. The molecular formula is C25H25N3O4S2. The Morgan fingerprint density at radius 2 is 1.59 bits per heavy atom. The summed E-state index contributed by atoms with van der Waals surface area (Å²) in [5.74, 6) is -0.0506. The van der Waals surface area contributed by atoms with Gasteiger partial charge in [-0.1, -0.05) is 30.3 Å². The lowest BCUT2D eigenvalue weighted by Gasteiger charge is -2.15. The van der Waals surface area contributed by atoms with E-state index in [2.05, 4.69) is 16.0 Å². The van der Waals surface area contributed by atoms with Crippen molar-refractivity contribution >= 4 is 58.0 Å². The summed E-state index contributed by atoms with van der Waals surface area (Å²) in [4.78, 5) is 25.6. The van der Waals surface area contributed by atoms with Crippen LogP contribution in [-0.4, -0.2) is 36.5 Å². The molecule has 0 aliphatic heterocycles. The Morgan fingerprint density at radius 1 is 0.882 bits per heavy atom. The van der Waals surface area contributed by atoms with E-state index >= 15 is 0 Å². The molecule has 3 aromatic carbocycles. The second-order valence-electron chi connectivity index (χ2n) is 7.09. The number of hydrogen-bond donors (Lipinski definition) is 3. The largest absolute Gasteiger partial charge is 0.495 e. The van der Waals surface area contributed by atoms with E-state index in [0.717, 1.165) is 16.3 Å². The zero-order valence-electron chi connectivity index (χ0n) is 19.0. The molecule has 0 radical (unpaired) electrons. The van der Waals surface area contributed by atoms with Crippen molar-refractivity contribution in [3.05, 3.63) is 78.4 Å². The van der Waals surface area contributed by atoms with E-state index in [9.17, 15) is 9.59 Å². The Bertz CT molecular complexity index is 1190. The number of carbonyl (C=O) groups is 2. The Kier molecular flexibility index (Phi) is 8.89. The van der Waals surface area contributed by atoms with Gasteiger partial charge in [0.25, 0.3) is 0 Å².